The van der Waals surface area contributed by atoms with Crippen LogP contribution < -0.4 is 4.90 Å². The van der Waals surface area contributed by atoms with Gasteiger partial charge in [-0.15, -0.1) is 0 Å². The van der Waals surface area contributed by atoms with Crippen molar-refractivity contribution in [1.82, 2.24) is 24.6 Å². The zero-order valence-corrected chi connectivity index (χ0v) is 21.3. The predicted molar refractivity (Wildman–Crippen MR) is 136 cm³/mol. The van der Waals surface area contributed by atoms with Gasteiger partial charge in [0.05, 0.1) is 17.9 Å². The quantitative estimate of drug-likeness (QED) is 0.469. The van der Waals surface area contributed by atoms with Crippen LogP contribution in [0.4, 0.5) is 5.82 Å². The molecule has 0 N–H and O–H groups in total. The molecular formula is C25H32Cl2N6. The average Bonchev–Trinajstić information content (AvgIpc) is 3.36. The Labute approximate surface area is 205 Å². The molecule has 2 aliphatic heterocycles. The van der Waals surface area contributed by atoms with E-state index in [1.807, 2.05) is 29.9 Å². The second-order valence-corrected chi connectivity index (χ2v) is 10.6. The van der Waals surface area contributed by atoms with E-state index in [0.29, 0.717) is 28.0 Å². The van der Waals surface area contributed by atoms with Gasteiger partial charge in [0.15, 0.2) is 5.65 Å². The summed E-state index contributed by atoms with van der Waals surface area (Å²) in [5, 5.41) is 6.04. The standard InChI is InChI=1S/C25H32Cl2N6/c1-15-14-31(11-9-22(15)32-10-5-6-16(32)2)23-13-28-24-17(3)30-33(25(24)29-23)18(4)20-8-7-19(26)12-21(20)27/h7-8,12-13,15-16,18,22H,5-6,9-11,14H2,1-4H3/t15?,16-,18?,22?/m0/s1. The summed E-state index contributed by atoms with van der Waals surface area (Å²) in [5.74, 6) is 1.52. The molecule has 2 fully saturated rings. The van der Waals surface area contributed by atoms with Crippen LogP contribution in [-0.4, -0.2) is 56.4 Å². The van der Waals surface area contributed by atoms with Crippen LogP contribution in [0.1, 0.15) is 57.3 Å². The number of aromatic nitrogens is 4. The van der Waals surface area contributed by atoms with Crippen LogP contribution in [0, 0.1) is 12.8 Å². The molecule has 0 radical (unpaired) electrons. The van der Waals surface area contributed by atoms with E-state index in [9.17, 15) is 0 Å². The summed E-state index contributed by atoms with van der Waals surface area (Å²) in [6.07, 6.45) is 5.73. The van der Waals surface area contributed by atoms with Gasteiger partial charge in [0.25, 0.3) is 0 Å². The molecule has 33 heavy (non-hydrogen) atoms. The summed E-state index contributed by atoms with van der Waals surface area (Å²) >= 11 is 12.6. The molecule has 0 saturated carbocycles. The average molecular weight is 487 g/mol. The third-order valence-electron chi connectivity index (χ3n) is 7.55. The number of hydrogen-bond donors (Lipinski definition) is 0. The largest absolute Gasteiger partial charge is 0.355 e. The maximum atomic E-state index is 6.51. The van der Waals surface area contributed by atoms with E-state index >= 15 is 0 Å². The summed E-state index contributed by atoms with van der Waals surface area (Å²) in [7, 11) is 0. The smallest absolute Gasteiger partial charge is 0.179 e. The molecule has 2 aliphatic rings. The van der Waals surface area contributed by atoms with Crippen molar-refractivity contribution in [3.63, 3.8) is 0 Å². The van der Waals surface area contributed by atoms with Crippen molar-refractivity contribution >= 4 is 40.2 Å². The molecule has 5 rings (SSSR count). The van der Waals surface area contributed by atoms with E-state index in [4.69, 9.17) is 38.3 Å². The lowest BCUT2D eigenvalue weighted by molar-refractivity contribution is 0.122. The highest BCUT2D eigenvalue weighted by Crippen LogP contribution is 2.33. The van der Waals surface area contributed by atoms with Gasteiger partial charge in [-0.1, -0.05) is 36.2 Å². The second kappa shape index (κ2) is 9.05. The van der Waals surface area contributed by atoms with Gasteiger partial charge < -0.3 is 4.90 Å². The summed E-state index contributed by atoms with van der Waals surface area (Å²) < 4.78 is 1.94. The van der Waals surface area contributed by atoms with E-state index in [1.54, 1.807) is 6.07 Å². The number of halogens is 2. The van der Waals surface area contributed by atoms with E-state index in [2.05, 4.69) is 30.6 Å². The van der Waals surface area contributed by atoms with Crippen molar-refractivity contribution in [2.45, 2.75) is 65.1 Å². The fourth-order valence-electron chi connectivity index (χ4n) is 5.72. The third-order valence-corrected chi connectivity index (χ3v) is 8.12. The fraction of sp³-hybridized carbons (Fsp3) is 0.560. The van der Waals surface area contributed by atoms with Gasteiger partial charge in [0.1, 0.15) is 11.3 Å². The van der Waals surface area contributed by atoms with Crippen molar-refractivity contribution in [2.24, 2.45) is 5.92 Å². The third kappa shape index (κ3) is 4.22. The first-order valence-corrected chi connectivity index (χ1v) is 12.8. The van der Waals surface area contributed by atoms with Crippen LogP contribution in [0.3, 0.4) is 0 Å². The highest BCUT2D eigenvalue weighted by molar-refractivity contribution is 6.35. The lowest BCUT2D eigenvalue weighted by Crippen LogP contribution is -2.51. The van der Waals surface area contributed by atoms with Gasteiger partial charge in [-0.25, -0.2) is 14.6 Å². The lowest BCUT2D eigenvalue weighted by Gasteiger charge is -2.43. The van der Waals surface area contributed by atoms with Gasteiger partial charge >= 0.3 is 0 Å². The minimum absolute atomic E-state index is 0.0863. The number of aryl methyl sites for hydroxylation is 1. The van der Waals surface area contributed by atoms with Gasteiger partial charge in [0, 0.05) is 35.2 Å². The molecule has 3 unspecified atom stereocenters. The Hall–Kier alpha value is -1.89. The molecule has 0 bridgehead atoms. The number of nitrogens with zero attached hydrogens (tertiary/aromatic N) is 6. The van der Waals surface area contributed by atoms with E-state index in [0.717, 1.165) is 41.3 Å². The molecule has 3 aromatic rings. The van der Waals surface area contributed by atoms with E-state index in [1.165, 1.54) is 25.8 Å². The molecule has 1 aromatic carbocycles. The Bertz CT molecular complexity index is 1160. The molecule has 0 spiro atoms. The Morgan fingerprint density at radius 1 is 1.12 bits per heavy atom. The highest BCUT2D eigenvalue weighted by Gasteiger charge is 2.35. The Morgan fingerprint density at radius 3 is 2.64 bits per heavy atom. The first-order chi connectivity index (χ1) is 15.8. The number of hydrogen-bond acceptors (Lipinski definition) is 5. The summed E-state index contributed by atoms with van der Waals surface area (Å²) in [6.45, 7) is 12.1. The monoisotopic (exact) mass is 486 g/mol. The zero-order valence-electron chi connectivity index (χ0n) is 19.8. The van der Waals surface area contributed by atoms with Crippen molar-refractivity contribution in [2.75, 3.05) is 24.5 Å². The van der Waals surface area contributed by atoms with Crippen LogP contribution in [-0.2, 0) is 0 Å². The van der Waals surface area contributed by atoms with E-state index in [-0.39, 0.29) is 6.04 Å². The molecule has 0 amide bonds. The van der Waals surface area contributed by atoms with Crippen molar-refractivity contribution in [3.05, 3.63) is 45.7 Å². The molecule has 176 valence electrons. The van der Waals surface area contributed by atoms with Gasteiger partial charge in [-0.2, -0.15) is 5.10 Å². The number of fused-ring (bicyclic) bond motifs is 1. The number of anilines is 1. The number of benzene rings is 1. The first kappa shape index (κ1) is 22.9. The van der Waals surface area contributed by atoms with Crippen LogP contribution >= 0.6 is 23.2 Å². The normalized spacial score (nSPS) is 25.2. The maximum Gasteiger partial charge on any atom is 0.179 e. The second-order valence-electron chi connectivity index (χ2n) is 9.78. The first-order valence-electron chi connectivity index (χ1n) is 12.0. The molecule has 8 heteroatoms. The van der Waals surface area contributed by atoms with Crippen LogP contribution in [0.15, 0.2) is 24.4 Å². The van der Waals surface area contributed by atoms with Crippen LogP contribution in [0.25, 0.3) is 11.2 Å². The number of likely N-dealkylation sites (tertiary alicyclic amines) is 1. The SMILES string of the molecule is Cc1nn(C(C)c2ccc(Cl)cc2Cl)c2nc(N3CCC(N4CCC[C@@H]4C)C(C)C3)cnc12. The van der Waals surface area contributed by atoms with Crippen LogP contribution in [0.5, 0.6) is 0 Å². The lowest BCUT2D eigenvalue weighted by atomic mass is 9.92. The number of piperidine rings is 1. The molecule has 0 aliphatic carbocycles. The topological polar surface area (TPSA) is 50.1 Å². The fourth-order valence-corrected chi connectivity index (χ4v) is 6.28. The van der Waals surface area contributed by atoms with Gasteiger partial charge in [0.2, 0.25) is 0 Å². The molecular weight excluding hydrogens is 455 g/mol. The highest BCUT2D eigenvalue weighted by atomic mass is 35.5. The minimum Gasteiger partial charge on any atom is -0.355 e. The van der Waals surface area contributed by atoms with Crippen molar-refractivity contribution in [1.29, 1.82) is 0 Å². The Morgan fingerprint density at radius 2 is 1.94 bits per heavy atom. The minimum atomic E-state index is -0.0863. The van der Waals surface area contributed by atoms with Crippen LogP contribution in [0.2, 0.25) is 10.0 Å². The van der Waals surface area contributed by atoms with Gasteiger partial charge in [-0.3, -0.25) is 4.90 Å². The zero-order chi connectivity index (χ0) is 23.3. The Balaban J connectivity index is 1.43. The van der Waals surface area contributed by atoms with Crippen molar-refractivity contribution < 1.29 is 0 Å². The summed E-state index contributed by atoms with van der Waals surface area (Å²) in [5.41, 5.74) is 3.47. The molecule has 2 aromatic heterocycles. The summed E-state index contributed by atoms with van der Waals surface area (Å²) in [6, 6.07) is 6.88. The number of rotatable bonds is 4. The van der Waals surface area contributed by atoms with Crippen molar-refractivity contribution in [3.8, 4) is 0 Å². The molecule has 4 heterocycles. The van der Waals surface area contributed by atoms with Gasteiger partial charge in [-0.05, 0) is 70.2 Å². The molecule has 6 nitrogen and oxygen atoms in total. The predicted octanol–water partition coefficient (Wildman–Crippen LogP) is 5.75. The van der Waals surface area contributed by atoms with E-state index < -0.39 is 0 Å². The molecule has 2 saturated heterocycles. The maximum absolute atomic E-state index is 6.51. The summed E-state index contributed by atoms with van der Waals surface area (Å²) in [4.78, 5) is 15.0. The Kier molecular flexibility index (Phi) is 6.27. The molecule has 4 atom stereocenters.